The minimum atomic E-state index is 0.314. The molecule has 4 heteroatoms. The van der Waals surface area contributed by atoms with Crippen LogP contribution < -0.4 is 10.1 Å². The SMILES string of the molecule is COCCOCCCNC(C)c1cccc(OC)c1. The maximum atomic E-state index is 5.41. The number of benzene rings is 1. The predicted molar refractivity (Wildman–Crippen MR) is 76.7 cm³/mol. The van der Waals surface area contributed by atoms with Crippen LogP contribution in [0, 0.1) is 0 Å². The third kappa shape index (κ3) is 6.57. The summed E-state index contributed by atoms with van der Waals surface area (Å²) in [6, 6.07) is 8.45. The van der Waals surface area contributed by atoms with Gasteiger partial charge in [0.2, 0.25) is 0 Å². The highest BCUT2D eigenvalue weighted by Gasteiger charge is 2.05. The van der Waals surface area contributed by atoms with Crippen molar-refractivity contribution in [2.45, 2.75) is 19.4 Å². The third-order valence-electron chi connectivity index (χ3n) is 2.94. The minimum absolute atomic E-state index is 0.314. The van der Waals surface area contributed by atoms with Crippen molar-refractivity contribution in [1.29, 1.82) is 0 Å². The lowest BCUT2D eigenvalue weighted by molar-refractivity contribution is 0.0693. The molecule has 0 heterocycles. The Bertz CT molecular complexity index is 344. The van der Waals surface area contributed by atoms with Crippen LogP contribution in [0.1, 0.15) is 24.9 Å². The van der Waals surface area contributed by atoms with Gasteiger partial charge in [-0.3, -0.25) is 0 Å². The highest BCUT2D eigenvalue weighted by molar-refractivity contribution is 5.30. The molecule has 1 aromatic rings. The van der Waals surface area contributed by atoms with Gasteiger partial charge in [0.1, 0.15) is 5.75 Å². The van der Waals surface area contributed by atoms with Crippen LogP contribution in [0.25, 0.3) is 0 Å². The van der Waals surface area contributed by atoms with Crippen LogP contribution in [0.4, 0.5) is 0 Å². The van der Waals surface area contributed by atoms with E-state index in [1.165, 1.54) is 5.56 Å². The van der Waals surface area contributed by atoms with E-state index in [0.717, 1.165) is 25.3 Å². The van der Waals surface area contributed by atoms with Crippen LogP contribution in [0.2, 0.25) is 0 Å². The molecule has 0 aliphatic carbocycles. The van der Waals surface area contributed by atoms with Gasteiger partial charge in [-0.2, -0.15) is 0 Å². The number of rotatable bonds is 10. The summed E-state index contributed by atoms with van der Waals surface area (Å²) in [6.45, 7) is 5.18. The Morgan fingerprint density at radius 1 is 1.16 bits per heavy atom. The second-order valence-corrected chi connectivity index (χ2v) is 4.41. The van der Waals surface area contributed by atoms with Crippen molar-refractivity contribution in [2.75, 3.05) is 40.6 Å². The molecule has 108 valence electrons. The first-order valence-electron chi connectivity index (χ1n) is 6.72. The summed E-state index contributed by atoms with van der Waals surface area (Å²) in [5.74, 6) is 0.897. The molecule has 1 rings (SSSR count). The zero-order valence-corrected chi connectivity index (χ0v) is 12.1. The molecular weight excluding hydrogens is 242 g/mol. The quantitative estimate of drug-likeness (QED) is 0.661. The molecule has 0 spiro atoms. The normalized spacial score (nSPS) is 12.4. The molecule has 0 saturated carbocycles. The molecule has 0 fully saturated rings. The second kappa shape index (κ2) is 9.78. The smallest absolute Gasteiger partial charge is 0.119 e. The van der Waals surface area contributed by atoms with Gasteiger partial charge >= 0.3 is 0 Å². The number of hydrogen-bond acceptors (Lipinski definition) is 4. The van der Waals surface area contributed by atoms with E-state index >= 15 is 0 Å². The lowest BCUT2D eigenvalue weighted by atomic mass is 10.1. The first kappa shape index (κ1) is 16.0. The largest absolute Gasteiger partial charge is 0.497 e. The molecule has 0 amide bonds. The van der Waals surface area contributed by atoms with Gasteiger partial charge < -0.3 is 19.5 Å². The fourth-order valence-corrected chi connectivity index (χ4v) is 1.77. The molecule has 19 heavy (non-hydrogen) atoms. The Morgan fingerprint density at radius 2 is 2.00 bits per heavy atom. The Kier molecular flexibility index (Phi) is 8.21. The van der Waals surface area contributed by atoms with Crippen LogP contribution >= 0.6 is 0 Å². The van der Waals surface area contributed by atoms with Crippen molar-refractivity contribution < 1.29 is 14.2 Å². The van der Waals surface area contributed by atoms with Crippen molar-refractivity contribution in [2.24, 2.45) is 0 Å². The zero-order valence-electron chi connectivity index (χ0n) is 12.1. The fourth-order valence-electron chi connectivity index (χ4n) is 1.77. The van der Waals surface area contributed by atoms with Crippen molar-refractivity contribution in [3.05, 3.63) is 29.8 Å². The standard InChI is InChI=1S/C15H25NO3/c1-13(14-6-4-7-15(12-14)18-3)16-8-5-9-19-11-10-17-2/h4,6-7,12-13,16H,5,8-11H2,1-3H3. The average molecular weight is 267 g/mol. The first-order valence-corrected chi connectivity index (χ1v) is 6.72. The van der Waals surface area contributed by atoms with E-state index in [1.54, 1.807) is 14.2 Å². The van der Waals surface area contributed by atoms with Gasteiger partial charge in [-0.05, 0) is 37.6 Å². The van der Waals surface area contributed by atoms with Gasteiger partial charge in [0, 0.05) is 19.8 Å². The number of methoxy groups -OCH3 is 2. The van der Waals surface area contributed by atoms with Gasteiger partial charge in [-0.25, -0.2) is 0 Å². The van der Waals surface area contributed by atoms with Crippen molar-refractivity contribution in [3.63, 3.8) is 0 Å². The molecule has 0 bridgehead atoms. The van der Waals surface area contributed by atoms with E-state index < -0.39 is 0 Å². The lowest BCUT2D eigenvalue weighted by Gasteiger charge is -2.15. The number of hydrogen-bond donors (Lipinski definition) is 1. The summed E-state index contributed by atoms with van der Waals surface area (Å²) < 4.78 is 15.6. The van der Waals surface area contributed by atoms with E-state index in [9.17, 15) is 0 Å². The van der Waals surface area contributed by atoms with Crippen LogP contribution in [0.15, 0.2) is 24.3 Å². The molecule has 1 aromatic carbocycles. The molecule has 1 unspecified atom stereocenters. The van der Waals surface area contributed by atoms with Crippen molar-refractivity contribution in [1.82, 2.24) is 5.32 Å². The number of ether oxygens (including phenoxy) is 3. The summed E-state index contributed by atoms with van der Waals surface area (Å²) in [7, 11) is 3.37. The van der Waals surface area contributed by atoms with Crippen LogP contribution in [-0.2, 0) is 9.47 Å². The monoisotopic (exact) mass is 267 g/mol. The van der Waals surface area contributed by atoms with Crippen molar-refractivity contribution in [3.8, 4) is 5.75 Å². The summed E-state index contributed by atoms with van der Waals surface area (Å²) in [5, 5.41) is 3.47. The van der Waals surface area contributed by atoms with E-state index in [4.69, 9.17) is 14.2 Å². The van der Waals surface area contributed by atoms with Gasteiger partial charge in [0.15, 0.2) is 0 Å². The maximum Gasteiger partial charge on any atom is 0.119 e. The zero-order chi connectivity index (χ0) is 13.9. The van der Waals surface area contributed by atoms with E-state index in [2.05, 4.69) is 24.4 Å². The van der Waals surface area contributed by atoms with Crippen LogP contribution in [0.5, 0.6) is 5.75 Å². The molecule has 0 aromatic heterocycles. The Hall–Kier alpha value is -1.10. The van der Waals surface area contributed by atoms with E-state index in [0.29, 0.717) is 19.3 Å². The first-order chi connectivity index (χ1) is 9.27. The highest BCUT2D eigenvalue weighted by atomic mass is 16.5. The average Bonchev–Trinajstić information content (AvgIpc) is 2.46. The van der Waals surface area contributed by atoms with Gasteiger partial charge in [0.05, 0.1) is 20.3 Å². The molecule has 0 saturated heterocycles. The predicted octanol–water partition coefficient (Wildman–Crippen LogP) is 2.40. The Labute approximate surface area is 116 Å². The van der Waals surface area contributed by atoms with E-state index in [-0.39, 0.29) is 0 Å². The van der Waals surface area contributed by atoms with Gasteiger partial charge in [0.25, 0.3) is 0 Å². The highest BCUT2D eigenvalue weighted by Crippen LogP contribution is 2.18. The molecule has 1 atom stereocenters. The molecule has 4 nitrogen and oxygen atoms in total. The Morgan fingerprint density at radius 3 is 2.74 bits per heavy atom. The Balaban J connectivity index is 2.18. The van der Waals surface area contributed by atoms with Crippen molar-refractivity contribution >= 4 is 0 Å². The van der Waals surface area contributed by atoms with Crippen LogP contribution in [-0.4, -0.2) is 40.6 Å². The molecule has 0 radical (unpaired) electrons. The summed E-state index contributed by atoms with van der Waals surface area (Å²) in [6.07, 6.45) is 0.998. The van der Waals surface area contributed by atoms with E-state index in [1.807, 2.05) is 12.1 Å². The third-order valence-corrected chi connectivity index (χ3v) is 2.94. The van der Waals surface area contributed by atoms with Crippen LogP contribution in [0.3, 0.4) is 0 Å². The fraction of sp³-hybridized carbons (Fsp3) is 0.600. The number of nitrogens with one attached hydrogen (secondary N) is 1. The maximum absolute atomic E-state index is 5.41. The molecule has 1 N–H and O–H groups in total. The summed E-state index contributed by atoms with van der Waals surface area (Å²) in [4.78, 5) is 0. The summed E-state index contributed by atoms with van der Waals surface area (Å²) >= 11 is 0. The summed E-state index contributed by atoms with van der Waals surface area (Å²) in [5.41, 5.74) is 1.24. The molecule has 0 aliphatic rings. The topological polar surface area (TPSA) is 39.7 Å². The second-order valence-electron chi connectivity index (χ2n) is 4.41. The minimum Gasteiger partial charge on any atom is -0.497 e. The molecule has 0 aliphatic heterocycles. The lowest BCUT2D eigenvalue weighted by Crippen LogP contribution is -2.21. The molecular formula is C15H25NO3. The van der Waals surface area contributed by atoms with Gasteiger partial charge in [-0.15, -0.1) is 0 Å². The van der Waals surface area contributed by atoms with Gasteiger partial charge in [-0.1, -0.05) is 12.1 Å².